The number of carbonyl (C=O) groups is 1. The first-order valence-electron chi connectivity index (χ1n) is 4.87. The van der Waals surface area contributed by atoms with Crippen molar-refractivity contribution in [3.8, 4) is 0 Å². The van der Waals surface area contributed by atoms with E-state index in [4.69, 9.17) is 9.90 Å². The van der Waals surface area contributed by atoms with Gasteiger partial charge in [-0.2, -0.15) is 0 Å². The lowest BCUT2D eigenvalue weighted by Gasteiger charge is -2.48. The van der Waals surface area contributed by atoms with Crippen LogP contribution < -0.4 is 5.11 Å². The van der Waals surface area contributed by atoms with Crippen LogP contribution in [0.15, 0.2) is 0 Å². The van der Waals surface area contributed by atoms with E-state index in [1.165, 1.54) is 43.8 Å². The number of methoxy groups -OCH3 is 1. The molecule has 5 heteroatoms. The summed E-state index contributed by atoms with van der Waals surface area (Å²) in [5, 5.41) is 9.03. The van der Waals surface area contributed by atoms with Crippen molar-refractivity contribution in [2.45, 2.75) is 0 Å². The highest BCUT2D eigenvalue weighted by atomic mass is 16.6. The number of quaternary nitrogens is 1. The molecule has 0 aliphatic carbocycles. The van der Waals surface area contributed by atoms with Crippen LogP contribution in [0.25, 0.3) is 0 Å². The summed E-state index contributed by atoms with van der Waals surface area (Å²) in [6.45, 7) is 8.20. The minimum Gasteiger partial charge on any atom is -0.553 e. The van der Waals surface area contributed by atoms with Crippen molar-refractivity contribution in [1.82, 2.24) is 4.90 Å². The van der Waals surface area contributed by atoms with Gasteiger partial charge in [-0.15, -0.1) is 0 Å². The standard InChI is InChI=1S/C7H15N2.C2H4O3/c1-9-5-2-8(3-6-9)4-7-9;1-5-2(3)4/h2-7H2,1H3;1H3,(H,3,4)/q+1;/p-1. The fourth-order valence-corrected chi connectivity index (χ4v) is 1.82. The molecule has 14 heavy (non-hydrogen) atoms. The molecule has 0 amide bonds. The van der Waals surface area contributed by atoms with Crippen LogP contribution in [0, 0.1) is 0 Å². The smallest absolute Gasteiger partial charge is 0.251 e. The Kier molecular flexibility index (Phi) is 3.71. The largest absolute Gasteiger partial charge is 0.553 e. The van der Waals surface area contributed by atoms with E-state index in [0.29, 0.717) is 0 Å². The van der Waals surface area contributed by atoms with E-state index >= 15 is 0 Å². The molecule has 3 saturated heterocycles. The molecule has 0 aromatic heterocycles. The fraction of sp³-hybridized carbons (Fsp3) is 0.889. The molecule has 3 fully saturated rings. The van der Waals surface area contributed by atoms with E-state index in [1.807, 2.05) is 0 Å². The number of nitrogens with zero attached hydrogens (tertiary/aromatic N) is 2. The zero-order valence-electron chi connectivity index (χ0n) is 8.86. The van der Waals surface area contributed by atoms with Crippen molar-refractivity contribution in [3.63, 3.8) is 0 Å². The summed E-state index contributed by atoms with van der Waals surface area (Å²) in [5.41, 5.74) is 0. The van der Waals surface area contributed by atoms with Crippen molar-refractivity contribution in [2.24, 2.45) is 0 Å². The molecule has 0 unspecified atom stereocenters. The maximum absolute atomic E-state index is 9.03. The summed E-state index contributed by atoms with van der Waals surface area (Å²) in [6.07, 6.45) is -1.50. The third-order valence-corrected chi connectivity index (χ3v) is 3.03. The quantitative estimate of drug-likeness (QED) is 0.363. The van der Waals surface area contributed by atoms with Gasteiger partial charge in [-0.3, -0.25) is 4.90 Å². The molecule has 3 aliphatic heterocycles. The van der Waals surface area contributed by atoms with Gasteiger partial charge in [0.25, 0.3) is 6.16 Å². The molecule has 3 aliphatic rings. The van der Waals surface area contributed by atoms with E-state index in [9.17, 15) is 0 Å². The average Bonchev–Trinajstić information content (AvgIpc) is 2.20. The first-order valence-corrected chi connectivity index (χ1v) is 4.87. The first kappa shape index (κ1) is 11.3. The van der Waals surface area contributed by atoms with Crippen molar-refractivity contribution >= 4 is 6.16 Å². The Morgan fingerprint density at radius 3 is 1.79 bits per heavy atom. The van der Waals surface area contributed by atoms with E-state index in [2.05, 4.69) is 16.7 Å². The highest BCUT2D eigenvalue weighted by Crippen LogP contribution is 2.15. The van der Waals surface area contributed by atoms with E-state index in [1.54, 1.807) is 0 Å². The Morgan fingerprint density at radius 1 is 1.29 bits per heavy atom. The van der Waals surface area contributed by atoms with Gasteiger partial charge in [-0.05, 0) is 0 Å². The maximum atomic E-state index is 9.03. The van der Waals surface area contributed by atoms with Crippen LogP contribution in [0.3, 0.4) is 0 Å². The number of carboxylic acid groups (broad SMARTS) is 1. The van der Waals surface area contributed by atoms with E-state index in [-0.39, 0.29) is 0 Å². The molecule has 5 nitrogen and oxygen atoms in total. The van der Waals surface area contributed by atoms with Gasteiger partial charge >= 0.3 is 0 Å². The molecule has 3 heterocycles. The normalized spacial score (nSPS) is 34.3. The van der Waals surface area contributed by atoms with Gasteiger partial charge in [0.15, 0.2) is 0 Å². The summed E-state index contributed by atoms with van der Waals surface area (Å²) < 4.78 is 4.90. The monoisotopic (exact) mass is 202 g/mol. The minimum atomic E-state index is -1.50. The number of piperazine rings is 3. The Hall–Kier alpha value is -0.810. The van der Waals surface area contributed by atoms with Crippen molar-refractivity contribution < 1.29 is 19.1 Å². The minimum absolute atomic E-state index is 1.04. The second kappa shape index (κ2) is 4.61. The first-order chi connectivity index (χ1) is 6.56. The van der Waals surface area contributed by atoms with Crippen LogP contribution in [0.5, 0.6) is 0 Å². The van der Waals surface area contributed by atoms with Gasteiger partial charge in [0.2, 0.25) is 0 Å². The molecule has 0 radical (unpaired) electrons. The fourth-order valence-electron chi connectivity index (χ4n) is 1.82. The van der Waals surface area contributed by atoms with Crippen LogP contribution in [-0.2, 0) is 4.74 Å². The number of fused-ring (bicyclic) bond motifs is 3. The summed E-state index contributed by atoms with van der Waals surface area (Å²) in [7, 11) is 3.42. The van der Waals surface area contributed by atoms with Crippen LogP contribution >= 0.6 is 0 Å². The van der Waals surface area contributed by atoms with Gasteiger partial charge in [0, 0.05) is 26.7 Å². The van der Waals surface area contributed by atoms with Crippen LogP contribution in [-0.4, -0.2) is 69.0 Å². The zero-order chi connectivity index (χ0) is 10.6. The number of ether oxygens (including phenoxy) is 1. The highest BCUT2D eigenvalue weighted by Gasteiger charge is 2.34. The third-order valence-electron chi connectivity index (χ3n) is 3.03. The number of likely N-dealkylation sites (N-methyl/N-ethyl adjacent to an activating group) is 1. The molecule has 0 atom stereocenters. The van der Waals surface area contributed by atoms with Gasteiger partial charge in [-0.1, -0.05) is 0 Å². The molecule has 82 valence electrons. The average molecular weight is 202 g/mol. The lowest BCUT2D eigenvalue weighted by atomic mass is 10.2. The number of rotatable bonds is 0. The molecule has 0 spiro atoms. The molecule has 0 N–H and O–H groups in total. The summed E-state index contributed by atoms with van der Waals surface area (Å²) in [5.74, 6) is 0. The predicted molar refractivity (Wildman–Crippen MR) is 49.6 cm³/mol. The summed E-state index contributed by atoms with van der Waals surface area (Å²) in [4.78, 5) is 11.6. The topological polar surface area (TPSA) is 52.6 Å². The Morgan fingerprint density at radius 2 is 1.64 bits per heavy atom. The van der Waals surface area contributed by atoms with Crippen LogP contribution in [0.4, 0.5) is 4.79 Å². The molecule has 0 aromatic rings. The van der Waals surface area contributed by atoms with Crippen molar-refractivity contribution in [1.29, 1.82) is 0 Å². The third kappa shape index (κ3) is 3.16. The van der Waals surface area contributed by atoms with Crippen molar-refractivity contribution in [3.05, 3.63) is 0 Å². The van der Waals surface area contributed by atoms with Gasteiger partial charge in [0.1, 0.15) is 0 Å². The Labute approximate surface area is 84.5 Å². The molecular weight excluding hydrogens is 184 g/mol. The summed E-state index contributed by atoms with van der Waals surface area (Å²) >= 11 is 0. The molecule has 0 aromatic carbocycles. The lowest BCUT2D eigenvalue weighted by Crippen LogP contribution is -2.65. The van der Waals surface area contributed by atoms with Gasteiger partial charge in [-0.25, -0.2) is 0 Å². The van der Waals surface area contributed by atoms with Gasteiger partial charge in [0.05, 0.1) is 26.7 Å². The second-order valence-corrected chi connectivity index (χ2v) is 4.09. The SMILES string of the molecule is COC(=O)[O-].C[N+]12CCN(CC1)CC2. The lowest BCUT2D eigenvalue weighted by molar-refractivity contribution is -0.922. The highest BCUT2D eigenvalue weighted by molar-refractivity contribution is 5.53. The van der Waals surface area contributed by atoms with Gasteiger partial charge < -0.3 is 19.1 Å². The van der Waals surface area contributed by atoms with E-state index in [0.717, 1.165) is 7.11 Å². The predicted octanol–water partition coefficient (Wildman–Crippen LogP) is -1.26. The molecule has 0 saturated carbocycles. The Balaban J connectivity index is 0.000000171. The Bertz CT molecular complexity index is 186. The number of hydrogen-bond donors (Lipinski definition) is 0. The molecule has 3 rings (SSSR count). The number of hydrogen-bond acceptors (Lipinski definition) is 4. The van der Waals surface area contributed by atoms with E-state index < -0.39 is 6.16 Å². The van der Waals surface area contributed by atoms with Crippen molar-refractivity contribution in [2.75, 3.05) is 53.4 Å². The van der Waals surface area contributed by atoms with Crippen LogP contribution in [0.2, 0.25) is 0 Å². The summed E-state index contributed by atoms with van der Waals surface area (Å²) in [6, 6.07) is 0. The maximum Gasteiger partial charge on any atom is 0.251 e. The molecular formula is C9H18N2O3. The second-order valence-electron chi connectivity index (χ2n) is 4.09. The molecule has 2 bridgehead atoms. The zero-order valence-corrected chi connectivity index (χ0v) is 8.86. The number of carbonyl (C=O) groups excluding carboxylic acids is 1. The van der Waals surface area contributed by atoms with Crippen LogP contribution in [0.1, 0.15) is 0 Å².